The number of nitrogens with two attached hydrogens (primary N) is 1. The molecule has 0 aliphatic carbocycles. The first kappa shape index (κ1) is 8.37. The van der Waals surface area contributed by atoms with Crippen LogP contribution in [0.1, 0.15) is 19.3 Å². The highest BCUT2D eigenvalue weighted by Crippen LogP contribution is 2.24. The molecule has 1 saturated heterocycles. The van der Waals surface area contributed by atoms with Gasteiger partial charge >= 0.3 is 0 Å². The fourth-order valence-electron chi connectivity index (χ4n) is 1.32. The highest BCUT2D eigenvalue weighted by Gasteiger charge is 2.12. The SMILES string of the molecule is NNCCC1CCCSC1. The van der Waals surface area contributed by atoms with Crippen LogP contribution >= 0.6 is 11.8 Å². The molecular weight excluding hydrogens is 144 g/mol. The minimum absolute atomic E-state index is 0.926. The zero-order valence-corrected chi connectivity index (χ0v) is 7.12. The summed E-state index contributed by atoms with van der Waals surface area (Å²) in [5.41, 5.74) is 2.71. The lowest BCUT2D eigenvalue weighted by atomic mass is 10.0. The molecule has 1 fully saturated rings. The van der Waals surface area contributed by atoms with E-state index in [0.29, 0.717) is 0 Å². The molecule has 60 valence electrons. The first-order valence-electron chi connectivity index (χ1n) is 3.94. The lowest BCUT2D eigenvalue weighted by Crippen LogP contribution is -2.26. The van der Waals surface area contributed by atoms with E-state index in [1.807, 2.05) is 0 Å². The molecule has 1 atom stereocenters. The van der Waals surface area contributed by atoms with Gasteiger partial charge in [-0.05, 0) is 36.7 Å². The topological polar surface area (TPSA) is 38.0 Å². The van der Waals surface area contributed by atoms with Gasteiger partial charge in [0.15, 0.2) is 0 Å². The Kier molecular flexibility index (Phi) is 4.18. The van der Waals surface area contributed by atoms with Gasteiger partial charge in [0.05, 0.1) is 0 Å². The van der Waals surface area contributed by atoms with Gasteiger partial charge in [0.2, 0.25) is 0 Å². The van der Waals surface area contributed by atoms with E-state index in [1.54, 1.807) is 0 Å². The van der Waals surface area contributed by atoms with Gasteiger partial charge in [0, 0.05) is 6.54 Å². The summed E-state index contributed by atoms with van der Waals surface area (Å²) in [5.74, 6) is 8.83. The van der Waals surface area contributed by atoms with Crippen LogP contribution in [0.2, 0.25) is 0 Å². The van der Waals surface area contributed by atoms with E-state index in [-0.39, 0.29) is 0 Å². The van der Waals surface area contributed by atoms with Crippen LogP contribution in [0.3, 0.4) is 0 Å². The lowest BCUT2D eigenvalue weighted by molar-refractivity contribution is 0.469. The zero-order valence-electron chi connectivity index (χ0n) is 6.31. The van der Waals surface area contributed by atoms with Gasteiger partial charge < -0.3 is 0 Å². The molecule has 1 aliphatic rings. The largest absolute Gasteiger partial charge is 0.271 e. The van der Waals surface area contributed by atoms with E-state index in [0.717, 1.165) is 12.5 Å². The Morgan fingerprint density at radius 2 is 2.50 bits per heavy atom. The number of thioether (sulfide) groups is 1. The van der Waals surface area contributed by atoms with Crippen LogP contribution in [-0.2, 0) is 0 Å². The van der Waals surface area contributed by atoms with Crippen molar-refractivity contribution in [1.82, 2.24) is 5.43 Å². The van der Waals surface area contributed by atoms with Gasteiger partial charge in [0.1, 0.15) is 0 Å². The van der Waals surface area contributed by atoms with Crippen LogP contribution in [0.25, 0.3) is 0 Å². The molecule has 0 aromatic rings. The molecule has 0 saturated carbocycles. The van der Waals surface area contributed by atoms with Crippen LogP contribution in [-0.4, -0.2) is 18.1 Å². The van der Waals surface area contributed by atoms with E-state index < -0.39 is 0 Å². The third kappa shape index (κ3) is 2.90. The number of hydrogen-bond acceptors (Lipinski definition) is 3. The predicted molar refractivity (Wildman–Crippen MR) is 46.9 cm³/mol. The van der Waals surface area contributed by atoms with Crippen molar-refractivity contribution in [2.24, 2.45) is 11.8 Å². The van der Waals surface area contributed by atoms with Crippen molar-refractivity contribution in [1.29, 1.82) is 0 Å². The van der Waals surface area contributed by atoms with Gasteiger partial charge in [0.25, 0.3) is 0 Å². The van der Waals surface area contributed by atoms with E-state index in [2.05, 4.69) is 17.2 Å². The summed E-state index contributed by atoms with van der Waals surface area (Å²) >= 11 is 2.08. The Morgan fingerprint density at radius 1 is 1.60 bits per heavy atom. The summed E-state index contributed by atoms with van der Waals surface area (Å²) in [6.45, 7) is 0.977. The maximum Gasteiger partial charge on any atom is 0.0100 e. The highest BCUT2D eigenvalue weighted by molar-refractivity contribution is 7.99. The Morgan fingerprint density at radius 3 is 3.10 bits per heavy atom. The predicted octanol–water partition coefficient (Wildman–Crippen LogP) is 0.983. The van der Waals surface area contributed by atoms with Crippen molar-refractivity contribution >= 4 is 11.8 Å². The smallest absolute Gasteiger partial charge is 0.0100 e. The quantitative estimate of drug-likeness (QED) is 0.477. The molecule has 3 N–H and O–H groups in total. The molecule has 0 aromatic heterocycles. The molecule has 1 unspecified atom stereocenters. The minimum atomic E-state index is 0.926. The van der Waals surface area contributed by atoms with Gasteiger partial charge in [-0.1, -0.05) is 0 Å². The normalized spacial score (nSPS) is 26.7. The summed E-state index contributed by atoms with van der Waals surface area (Å²) in [5, 5.41) is 0. The third-order valence-electron chi connectivity index (χ3n) is 1.95. The Balaban J connectivity index is 2.02. The molecule has 2 nitrogen and oxygen atoms in total. The monoisotopic (exact) mass is 160 g/mol. The minimum Gasteiger partial charge on any atom is -0.271 e. The van der Waals surface area contributed by atoms with Crippen LogP contribution < -0.4 is 11.3 Å². The van der Waals surface area contributed by atoms with Crippen molar-refractivity contribution in [2.75, 3.05) is 18.1 Å². The summed E-state index contributed by atoms with van der Waals surface area (Å²) in [6, 6.07) is 0. The van der Waals surface area contributed by atoms with Gasteiger partial charge in [-0.2, -0.15) is 11.8 Å². The second-order valence-electron chi connectivity index (χ2n) is 2.83. The van der Waals surface area contributed by atoms with Gasteiger partial charge in [-0.25, -0.2) is 0 Å². The van der Waals surface area contributed by atoms with Crippen molar-refractivity contribution in [2.45, 2.75) is 19.3 Å². The van der Waals surface area contributed by atoms with E-state index >= 15 is 0 Å². The maximum atomic E-state index is 5.19. The number of nitrogens with one attached hydrogen (secondary N) is 1. The Hall–Kier alpha value is 0.270. The summed E-state index contributed by atoms with van der Waals surface area (Å²) in [7, 11) is 0. The van der Waals surface area contributed by atoms with E-state index in [1.165, 1.54) is 30.8 Å². The second-order valence-corrected chi connectivity index (χ2v) is 3.98. The molecular formula is C7H16N2S. The summed E-state index contributed by atoms with van der Waals surface area (Å²) < 4.78 is 0. The highest BCUT2D eigenvalue weighted by atomic mass is 32.2. The maximum absolute atomic E-state index is 5.19. The van der Waals surface area contributed by atoms with Crippen LogP contribution in [0.5, 0.6) is 0 Å². The van der Waals surface area contributed by atoms with Crippen LogP contribution in [0, 0.1) is 5.92 Å². The Bertz CT molecular complexity index is 81.7. The van der Waals surface area contributed by atoms with E-state index in [9.17, 15) is 0 Å². The Labute approximate surface area is 66.9 Å². The molecule has 0 bridgehead atoms. The average molecular weight is 160 g/mol. The third-order valence-corrected chi connectivity index (χ3v) is 3.24. The van der Waals surface area contributed by atoms with Crippen molar-refractivity contribution in [3.8, 4) is 0 Å². The zero-order chi connectivity index (χ0) is 7.23. The average Bonchev–Trinajstić information content (AvgIpc) is 2.03. The lowest BCUT2D eigenvalue weighted by Gasteiger charge is -2.20. The molecule has 1 heterocycles. The summed E-state index contributed by atoms with van der Waals surface area (Å²) in [4.78, 5) is 0. The molecule has 0 aromatic carbocycles. The molecule has 0 radical (unpaired) electrons. The molecule has 3 heteroatoms. The van der Waals surface area contributed by atoms with Gasteiger partial charge in [-0.15, -0.1) is 0 Å². The number of rotatable bonds is 3. The number of hydrazine groups is 1. The standard InChI is InChI=1S/C7H16N2S/c8-9-4-3-7-2-1-5-10-6-7/h7,9H,1-6,8H2. The fourth-order valence-corrected chi connectivity index (χ4v) is 2.53. The molecule has 1 rings (SSSR count). The fraction of sp³-hybridized carbons (Fsp3) is 1.00. The van der Waals surface area contributed by atoms with Crippen molar-refractivity contribution < 1.29 is 0 Å². The van der Waals surface area contributed by atoms with Crippen LogP contribution in [0.4, 0.5) is 0 Å². The van der Waals surface area contributed by atoms with Crippen molar-refractivity contribution in [3.05, 3.63) is 0 Å². The first-order valence-corrected chi connectivity index (χ1v) is 5.10. The molecule has 0 spiro atoms. The first-order chi connectivity index (χ1) is 4.93. The molecule has 1 aliphatic heterocycles. The molecule has 10 heavy (non-hydrogen) atoms. The van der Waals surface area contributed by atoms with Crippen molar-refractivity contribution in [3.63, 3.8) is 0 Å². The molecule has 0 amide bonds. The summed E-state index contributed by atoms with van der Waals surface area (Å²) in [6.07, 6.45) is 4.07. The number of hydrogen-bond donors (Lipinski definition) is 2. The van der Waals surface area contributed by atoms with Crippen LogP contribution in [0.15, 0.2) is 0 Å². The van der Waals surface area contributed by atoms with Gasteiger partial charge in [-0.3, -0.25) is 11.3 Å². The van der Waals surface area contributed by atoms with E-state index in [4.69, 9.17) is 5.84 Å². The second kappa shape index (κ2) is 4.99.